The molecule has 1 heterocycles. The van der Waals surface area contributed by atoms with Gasteiger partial charge in [-0.1, -0.05) is 115 Å². The lowest BCUT2D eigenvalue weighted by atomic mass is 9.80. The molecule has 0 saturated carbocycles. The summed E-state index contributed by atoms with van der Waals surface area (Å²) in [6.45, 7) is 1.04. The van der Waals surface area contributed by atoms with Crippen molar-refractivity contribution in [1.29, 1.82) is 0 Å². The molecule has 0 atom stereocenters. The SMILES string of the molecule is O=C(CCOC(c1ccccc1)(c1ccccc1)c1ccccc1)NCCCCc1ccc(OCc2coc(C=Cc3ccc(C(F)(F)F)cc3)n2)cc1. The van der Waals surface area contributed by atoms with Gasteiger partial charge in [-0.3, -0.25) is 4.79 Å². The van der Waals surface area contributed by atoms with Crippen molar-refractivity contribution in [2.45, 2.75) is 44.1 Å². The average Bonchev–Trinajstić information content (AvgIpc) is 3.67. The largest absolute Gasteiger partial charge is 0.487 e. The fourth-order valence-corrected chi connectivity index (χ4v) is 6.16. The third-order valence-corrected chi connectivity index (χ3v) is 8.94. The van der Waals surface area contributed by atoms with Gasteiger partial charge in [0.15, 0.2) is 0 Å². The molecule has 0 fully saturated rings. The molecule has 0 aliphatic heterocycles. The fraction of sp³-hybridized carbons (Fsp3) is 0.200. The zero-order valence-electron chi connectivity index (χ0n) is 29.7. The zero-order valence-corrected chi connectivity index (χ0v) is 29.7. The van der Waals surface area contributed by atoms with Crippen LogP contribution >= 0.6 is 0 Å². The highest BCUT2D eigenvalue weighted by atomic mass is 19.4. The van der Waals surface area contributed by atoms with Crippen LogP contribution in [0.3, 0.4) is 0 Å². The van der Waals surface area contributed by atoms with Crippen molar-refractivity contribution in [2.75, 3.05) is 13.2 Å². The predicted octanol–water partition coefficient (Wildman–Crippen LogP) is 10.3. The smallest absolute Gasteiger partial charge is 0.416 e. The van der Waals surface area contributed by atoms with Gasteiger partial charge < -0.3 is 19.2 Å². The monoisotopic (exact) mass is 730 g/mol. The first-order valence-electron chi connectivity index (χ1n) is 17.9. The summed E-state index contributed by atoms with van der Waals surface area (Å²) < 4.78 is 56.3. The molecule has 5 aromatic carbocycles. The summed E-state index contributed by atoms with van der Waals surface area (Å²) in [5, 5.41) is 3.05. The van der Waals surface area contributed by atoms with Crippen LogP contribution in [0.2, 0.25) is 0 Å². The molecule has 276 valence electrons. The van der Waals surface area contributed by atoms with Crippen LogP contribution < -0.4 is 10.1 Å². The number of hydrogen-bond donors (Lipinski definition) is 1. The second kappa shape index (κ2) is 18.2. The van der Waals surface area contributed by atoms with Crippen LogP contribution in [0.4, 0.5) is 13.2 Å². The first-order valence-corrected chi connectivity index (χ1v) is 17.9. The number of carbonyl (C=O) groups excluding carboxylic acids is 1. The van der Waals surface area contributed by atoms with Crippen molar-refractivity contribution in [3.8, 4) is 5.75 Å². The summed E-state index contributed by atoms with van der Waals surface area (Å²) in [6.07, 6.45) is 3.21. The maximum Gasteiger partial charge on any atom is 0.416 e. The molecule has 0 spiro atoms. The molecule has 1 aromatic heterocycles. The first kappa shape index (κ1) is 37.8. The molecule has 0 aliphatic rings. The van der Waals surface area contributed by atoms with E-state index < -0.39 is 17.3 Å². The predicted molar refractivity (Wildman–Crippen MR) is 203 cm³/mol. The van der Waals surface area contributed by atoms with E-state index >= 15 is 0 Å². The van der Waals surface area contributed by atoms with E-state index in [1.807, 2.05) is 78.9 Å². The quantitative estimate of drug-likeness (QED) is 0.0747. The van der Waals surface area contributed by atoms with Crippen LogP contribution in [-0.4, -0.2) is 24.0 Å². The van der Waals surface area contributed by atoms with Crippen molar-refractivity contribution >= 4 is 18.1 Å². The van der Waals surface area contributed by atoms with E-state index in [9.17, 15) is 18.0 Å². The molecule has 6 nitrogen and oxygen atoms in total. The molecule has 1 N–H and O–H groups in total. The summed E-state index contributed by atoms with van der Waals surface area (Å²) in [4.78, 5) is 17.2. The van der Waals surface area contributed by atoms with Gasteiger partial charge in [0.25, 0.3) is 0 Å². The number of alkyl halides is 3. The molecule has 0 aliphatic carbocycles. The lowest BCUT2D eigenvalue weighted by Crippen LogP contribution is -2.34. The van der Waals surface area contributed by atoms with E-state index in [4.69, 9.17) is 13.9 Å². The Morgan fingerprint density at radius 2 is 1.30 bits per heavy atom. The van der Waals surface area contributed by atoms with Crippen molar-refractivity contribution in [3.05, 3.63) is 191 Å². The number of ether oxygens (including phenoxy) is 2. The van der Waals surface area contributed by atoms with Crippen molar-refractivity contribution < 1.29 is 31.9 Å². The Labute approximate surface area is 313 Å². The standard InChI is InChI=1S/C45H41F3N2O4/c46-45(47,48)39-24-19-35(20-25-39)23-28-43-50-40(33-53-43)32-52-41-26-21-34(22-27-41)12-10-11-30-49-42(51)29-31-54-44(36-13-4-1-5-14-36,37-15-6-2-7-16-37)38-17-8-3-9-18-38/h1-9,13-28,33H,10-12,29-32H2,(H,49,51). The Kier molecular flexibility index (Phi) is 12.8. The van der Waals surface area contributed by atoms with Crippen molar-refractivity contribution in [2.24, 2.45) is 0 Å². The van der Waals surface area contributed by atoms with E-state index in [-0.39, 0.29) is 25.5 Å². The molecule has 6 rings (SSSR count). The highest BCUT2D eigenvalue weighted by Gasteiger charge is 2.37. The highest BCUT2D eigenvalue weighted by molar-refractivity contribution is 5.76. The summed E-state index contributed by atoms with van der Waals surface area (Å²) >= 11 is 0. The lowest BCUT2D eigenvalue weighted by molar-refractivity contribution is -0.137. The molecule has 0 unspecified atom stereocenters. The van der Waals surface area contributed by atoms with Gasteiger partial charge in [-0.25, -0.2) is 4.98 Å². The van der Waals surface area contributed by atoms with Gasteiger partial charge in [0.1, 0.15) is 29.9 Å². The molecular formula is C45H41F3N2O4. The van der Waals surface area contributed by atoms with E-state index in [2.05, 4.69) is 46.7 Å². The lowest BCUT2D eigenvalue weighted by Gasteiger charge is -2.36. The molecule has 9 heteroatoms. The average molecular weight is 731 g/mol. The second-order valence-corrected chi connectivity index (χ2v) is 12.7. The molecule has 6 aromatic rings. The van der Waals surface area contributed by atoms with Crippen LogP contribution in [-0.2, 0) is 34.3 Å². The second-order valence-electron chi connectivity index (χ2n) is 12.7. The molecule has 54 heavy (non-hydrogen) atoms. The normalized spacial score (nSPS) is 11.8. The summed E-state index contributed by atoms with van der Waals surface area (Å²) in [5.41, 5.74) is 3.79. The molecular weight excluding hydrogens is 689 g/mol. The number of benzene rings is 5. The Morgan fingerprint density at radius 1 is 0.704 bits per heavy atom. The van der Waals surface area contributed by atoms with Crippen molar-refractivity contribution in [1.82, 2.24) is 10.3 Å². The number of hydrogen-bond acceptors (Lipinski definition) is 5. The number of aryl methyl sites for hydroxylation is 1. The Morgan fingerprint density at radius 3 is 1.87 bits per heavy atom. The first-order chi connectivity index (χ1) is 26.3. The number of rotatable bonds is 17. The molecule has 1 amide bonds. The van der Waals surface area contributed by atoms with Gasteiger partial charge >= 0.3 is 6.18 Å². The molecule has 0 saturated heterocycles. The van der Waals surface area contributed by atoms with Gasteiger partial charge in [-0.05, 0) is 77.4 Å². The van der Waals surface area contributed by atoms with Gasteiger partial charge in [0.2, 0.25) is 11.8 Å². The number of aromatic nitrogens is 1. The van der Waals surface area contributed by atoms with Crippen LogP contribution in [0.25, 0.3) is 12.2 Å². The summed E-state index contributed by atoms with van der Waals surface area (Å²) in [7, 11) is 0. The van der Waals surface area contributed by atoms with Gasteiger partial charge in [0, 0.05) is 12.6 Å². The van der Waals surface area contributed by atoms with Crippen molar-refractivity contribution in [3.63, 3.8) is 0 Å². The number of nitrogens with one attached hydrogen (secondary N) is 1. The maximum atomic E-state index is 12.9. The minimum atomic E-state index is -4.37. The number of unbranched alkanes of at least 4 members (excludes halogenated alkanes) is 1. The third-order valence-electron chi connectivity index (χ3n) is 8.94. The summed E-state index contributed by atoms with van der Waals surface area (Å²) in [6, 6.07) is 43.1. The number of halogens is 3. The maximum absolute atomic E-state index is 12.9. The Balaban J connectivity index is 0.913. The number of oxazole rings is 1. The molecule has 0 radical (unpaired) electrons. The summed E-state index contributed by atoms with van der Waals surface area (Å²) in [5.74, 6) is 0.965. The van der Waals surface area contributed by atoms with Gasteiger partial charge in [0.05, 0.1) is 18.6 Å². The number of carbonyl (C=O) groups is 1. The van der Waals surface area contributed by atoms with E-state index in [1.165, 1.54) is 24.0 Å². The zero-order chi connectivity index (χ0) is 37.6. The Hall–Kier alpha value is -5.93. The van der Waals surface area contributed by atoms with E-state index in [0.717, 1.165) is 48.1 Å². The third kappa shape index (κ3) is 10.1. The van der Waals surface area contributed by atoms with Gasteiger partial charge in [-0.15, -0.1) is 0 Å². The van der Waals surface area contributed by atoms with E-state index in [0.29, 0.717) is 29.4 Å². The van der Waals surface area contributed by atoms with Crippen LogP contribution in [0.5, 0.6) is 5.75 Å². The topological polar surface area (TPSA) is 73.6 Å². The Bertz CT molecular complexity index is 1970. The number of nitrogens with zero attached hydrogens (tertiary/aromatic N) is 1. The minimum absolute atomic E-state index is 0.0472. The van der Waals surface area contributed by atoms with Crippen LogP contribution in [0, 0.1) is 0 Å². The highest BCUT2D eigenvalue weighted by Crippen LogP contribution is 2.40. The molecule has 0 bridgehead atoms. The van der Waals surface area contributed by atoms with Crippen LogP contribution in [0.1, 0.15) is 64.2 Å². The minimum Gasteiger partial charge on any atom is -0.487 e. The fourth-order valence-electron chi connectivity index (χ4n) is 6.16. The van der Waals surface area contributed by atoms with E-state index in [1.54, 1.807) is 12.2 Å². The van der Waals surface area contributed by atoms with Gasteiger partial charge in [-0.2, -0.15) is 13.2 Å². The van der Waals surface area contributed by atoms with Crippen LogP contribution in [0.15, 0.2) is 150 Å². The number of amides is 1.